The fourth-order valence-electron chi connectivity index (χ4n) is 2.76. The highest BCUT2D eigenvalue weighted by molar-refractivity contribution is 6.30. The second-order valence-electron chi connectivity index (χ2n) is 5.70. The Balaban J connectivity index is 1.81. The summed E-state index contributed by atoms with van der Waals surface area (Å²) in [5.41, 5.74) is 0.933. The number of methoxy groups -OCH3 is 1. The van der Waals surface area contributed by atoms with Crippen molar-refractivity contribution in [2.75, 3.05) is 26.7 Å². The van der Waals surface area contributed by atoms with Crippen LogP contribution >= 0.6 is 11.6 Å². The SMILES string of the molecule is COC1CN(CCC(O)c2ccc(Cl)cc2)CCC1C. The van der Waals surface area contributed by atoms with E-state index in [4.69, 9.17) is 16.3 Å². The number of benzene rings is 1. The van der Waals surface area contributed by atoms with Gasteiger partial charge in [0.15, 0.2) is 0 Å². The first kappa shape index (κ1) is 15.8. The summed E-state index contributed by atoms with van der Waals surface area (Å²) < 4.78 is 5.52. The lowest BCUT2D eigenvalue weighted by Crippen LogP contribution is -2.44. The van der Waals surface area contributed by atoms with Gasteiger partial charge in [0.2, 0.25) is 0 Å². The zero-order chi connectivity index (χ0) is 14.5. The summed E-state index contributed by atoms with van der Waals surface area (Å²) in [6, 6.07) is 7.43. The summed E-state index contributed by atoms with van der Waals surface area (Å²) in [5.74, 6) is 0.623. The number of piperidine rings is 1. The molecule has 4 heteroatoms. The Kier molecular flexibility index (Phi) is 5.85. The molecule has 20 heavy (non-hydrogen) atoms. The monoisotopic (exact) mass is 297 g/mol. The number of likely N-dealkylation sites (tertiary alicyclic amines) is 1. The summed E-state index contributed by atoms with van der Waals surface area (Å²) in [5, 5.41) is 10.9. The molecule has 3 nitrogen and oxygen atoms in total. The van der Waals surface area contributed by atoms with Gasteiger partial charge in [0, 0.05) is 25.2 Å². The third kappa shape index (κ3) is 4.19. The van der Waals surface area contributed by atoms with E-state index in [2.05, 4.69) is 11.8 Å². The molecule has 112 valence electrons. The molecule has 0 radical (unpaired) electrons. The van der Waals surface area contributed by atoms with Crippen molar-refractivity contribution in [3.8, 4) is 0 Å². The molecule has 0 saturated carbocycles. The average Bonchev–Trinajstić information content (AvgIpc) is 2.46. The summed E-state index contributed by atoms with van der Waals surface area (Å²) >= 11 is 5.86. The highest BCUT2D eigenvalue weighted by Gasteiger charge is 2.26. The minimum absolute atomic E-state index is 0.316. The molecule has 1 aliphatic rings. The van der Waals surface area contributed by atoms with Crippen molar-refractivity contribution >= 4 is 11.6 Å². The Morgan fingerprint density at radius 1 is 1.40 bits per heavy atom. The van der Waals surface area contributed by atoms with Crippen molar-refractivity contribution in [1.82, 2.24) is 4.90 Å². The van der Waals surface area contributed by atoms with Gasteiger partial charge in [0.1, 0.15) is 0 Å². The van der Waals surface area contributed by atoms with E-state index in [0.29, 0.717) is 17.0 Å². The van der Waals surface area contributed by atoms with Gasteiger partial charge in [0.05, 0.1) is 12.2 Å². The van der Waals surface area contributed by atoms with E-state index < -0.39 is 6.10 Å². The molecule has 1 aliphatic heterocycles. The topological polar surface area (TPSA) is 32.7 Å². The average molecular weight is 298 g/mol. The molecule has 1 heterocycles. The number of rotatable bonds is 5. The van der Waals surface area contributed by atoms with E-state index in [1.54, 1.807) is 7.11 Å². The molecule has 2 rings (SSSR count). The maximum absolute atomic E-state index is 10.2. The van der Waals surface area contributed by atoms with Crippen LogP contribution < -0.4 is 0 Å². The van der Waals surface area contributed by atoms with Crippen LogP contribution in [0.1, 0.15) is 31.4 Å². The quantitative estimate of drug-likeness (QED) is 0.906. The van der Waals surface area contributed by atoms with Crippen LogP contribution in [0.15, 0.2) is 24.3 Å². The predicted octanol–water partition coefficient (Wildman–Crippen LogP) is 3.12. The van der Waals surface area contributed by atoms with Gasteiger partial charge in [0.25, 0.3) is 0 Å². The van der Waals surface area contributed by atoms with E-state index in [0.717, 1.165) is 38.0 Å². The summed E-state index contributed by atoms with van der Waals surface area (Å²) in [6.45, 7) is 5.20. The summed E-state index contributed by atoms with van der Waals surface area (Å²) in [6.07, 6.45) is 1.80. The van der Waals surface area contributed by atoms with Gasteiger partial charge in [-0.1, -0.05) is 30.7 Å². The van der Waals surface area contributed by atoms with Gasteiger partial charge < -0.3 is 14.7 Å². The lowest BCUT2D eigenvalue weighted by atomic mass is 9.95. The number of halogens is 1. The van der Waals surface area contributed by atoms with Crippen molar-refractivity contribution in [3.05, 3.63) is 34.9 Å². The van der Waals surface area contributed by atoms with Gasteiger partial charge in [-0.05, 0) is 43.0 Å². The molecule has 1 aromatic carbocycles. The van der Waals surface area contributed by atoms with Crippen LogP contribution in [-0.4, -0.2) is 42.9 Å². The fraction of sp³-hybridized carbons (Fsp3) is 0.625. The van der Waals surface area contributed by atoms with Crippen molar-refractivity contribution in [2.45, 2.75) is 32.0 Å². The van der Waals surface area contributed by atoms with Crippen molar-refractivity contribution in [3.63, 3.8) is 0 Å². The van der Waals surface area contributed by atoms with Gasteiger partial charge in [-0.3, -0.25) is 0 Å². The van der Waals surface area contributed by atoms with Crippen LogP contribution in [-0.2, 0) is 4.74 Å². The second-order valence-corrected chi connectivity index (χ2v) is 6.13. The first-order valence-corrected chi connectivity index (χ1v) is 7.66. The molecular formula is C16H24ClNO2. The molecule has 1 saturated heterocycles. The molecule has 0 spiro atoms. The Bertz CT molecular complexity index is 409. The minimum Gasteiger partial charge on any atom is -0.388 e. The third-order valence-corrected chi connectivity index (χ3v) is 4.50. The molecule has 1 fully saturated rings. The third-order valence-electron chi connectivity index (χ3n) is 4.25. The van der Waals surface area contributed by atoms with E-state index in [-0.39, 0.29) is 0 Å². The lowest BCUT2D eigenvalue weighted by molar-refractivity contribution is -0.00867. The lowest BCUT2D eigenvalue weighted by Gasteiger charge is -2.36. The number of aliphatic hydroxyl groups is 1. The van der Waals surface area contributed by atoms with Crippen molar-refractivity contribution in [1.29, 1.82) is 0 Å². The number of ether oxygens (including phenoxy) is 1. The Hall–Kier alpha value is -0.610. The number of aliphatic hydroxyl groups excluding tert-OH is 1. The van der Waals surface area contributed by atoms with Crippen LogP contribution in [0.25, 0.3) is 0 Å². The highest BCUT2D eigenvalue weighted by Crippen LogP contribution is 2.23. The van der Waals surface area contributed by atoms with Crippen LogP contribution in [0.4, 0.5) is 0 Å². The van der Waals surface area contributed by atoms with E-state index in [1.165, 1.54) is 0 Å². The Morgan fingerprint density at radius 3 is 2.75 bits per heavy atom. The number of nitrogens with zero attached hydrogens (tertiary/aromatic N) is 1. The van der Waals surface area contributed by atoms with Crippen molar-refractivity contribution < 1.29 is 9.84 Å². The minimum atomic E-state index is -0.424. The molecule has 0 aromatic heterocycles. The van der Waals surface area contributed by atoms with Gasteiger partial charge >= 0.3 is 0 Å². The van der Waals surface area contributed by atoms with Gasteiger partial charge in [-0.15, -0.1) is 0 Å². The molecule has 0 aliphatic carbocycles. The molecule has 0 bridgehead atoms. The Labute approximate surface area is 126 Å². The normalized spacial score (nSPS) is 25.6. The van der Waals surface area contributed by atoms with E-state index in [1.807, 2.05) is 24.3 Å². The Morgan fingerprint density at radius 2 is 2.10 bits per heavy atom. The van der Waals surface area contributed by atoms with Crippen LogP contribution in [0.3, 0.4) is 0 Å². The van der Waals surface area contributed by atoms with Gasteiger partial charge in [-0.2, -0.15) is 0 Å². The predicted molar refractivity (Wildman–Crippen MR) is 82.0 cm³/mol. The zero-order valence-corrected chi connectivity index (χ0v) is 13.0. The van der Waals surface area contributed by atoms with Crippen LogP contribution in [0.5, 0.6) is 0 Å². The molecule has 1 N–H and O–H groups in total. The summed E-state index contributed by atoms with van der Waals surface area (Å²) in [4.78, 5) is 2.38. The number of hydrogen-bond acceptors (Lipinski definition) is 3. The van der Waals surface area contributed by atoms with Crippen LogP contribution in [0, 0.1) is 5.92 Å². The second kappa shape index (κ2) is 7.41. The standard InChI is InChI=1S/C16H24ClNO2/c1-12-7-9-18(11-16(12)20-2)10-8-15(19)13-3-5-14(17)6-4-13/h3-6,12,15-16,19H,7-11H2,1-2H3. The summed E-state index contributed by atoms with van der Waals surface area (Å²) in [7, 11) is 1.78. The molecule has 3 unspecified atom stereocenters. The molecular weight excluding hydrogens is 274 g/mol. The largest absolute Gasteiger partial charge is 0.388 e. The zero-order valence-electron chi connectivity index (χ0n) is 12.3. The first-order valence-electron chi connectivity index (χ1n) is 7.29. The smallest absolute Gasteiger partial charge is 0.0802 e. The first-order chi connectivity index (χ1) is 9.60. The maximum Gasteiger partial charge on any atom is 0.0802 e. The molecule has 0 amide bonds. The fourth-order valence-corrected chi connectivity index (χ4v) is 2.89. The van der Waals surface area contributed by atoms with Crippen LogP contribution in [0.2, 0.25) is 5.02 Å². The molecule has 3 atom stereocenters. The molecule has 1 aromatic rings. The van der Waals surface area contributed by atoms with E-state index >= 15 is 0 Å². The maximum atomic E-state index is 10.2. The number of hydrogen-bond donors (Lipinski definition) is 1. The highest BCUT2D eigenvalue weighted by atomic mass is 35.5. The van der Waals surface area contributed by atoms with Crippen molar-refractivity contribution in [2.24, 2.45) is 5.92 Å². The van der Waals surface area contributed by atoms with Gasteiger partial charge in [-0.25, -0.2) is 0 Å². The van der Waals surface area contributed by atoms with E-state index in [9.17, 15) is 5.11 Å².